The Morgan fingerprint density at radius 3 is 2.59 bits per heavy atom. The summed E-state index contributed by atoms with van der Waals surface area (Å²) >= 11 is 1.40. The average molecular weight is 410 g/mol. The lowest BCUT2D eigenvalue weighted by Crippen LogP contribution is -3.10. The van der Waals surface area contributed by atoms with E-state index in [1.807, 2.05) is 0 Å². The fourth-order valence-electron chi connectivity index (χ4n) is 3.50. The molecule has 0 bridgehead atoms. The second kappa shape index (κ2) is 8.31. The van der Waals surface area contributed by atoms with Crippen molar-refractivity contribution in [3.63, 3.8) is 0 Å². The van der Waals surface area contributed by atoms with Crippen LogP contribution in [-0.2, 0) is 4.79 Å². The summed E-state index contributed by atoms with van der Waals surface area (Å²) < 4.78 is 5.07. The van der Waals surface area contributed by atoms with Crippen molar-refractivity contribution in [2.24, 2.45) is 4.99 Å². The van der Waals surface area contributed by atoms with Crippen molar-refractivity contribution in [3.05, 3.63) is 58.5 Å². The fourth-order valence-corrected chi connectivity index (χ4v) is 4.47. The number of amidine groups is 1. The van der Waals surface area contributed by atoms with E-state index in [-0.39, 0.29) is 17.4 Å². The summed E-state index contributed by atoms with van der Waals surface area (Å²) in [6.07, 6.45) is 1.76. The number of carbonyl (C=O) groups is 1. The second-order valence-corrected chi connectivity index (χ2v) is 8.19. The summed E-state index contributed by atoms with van der Waals surface area (Å²) in [6.45, 7) is 5.75. The van der Waals surface area contributed by atoms with Gasteiger partial charge in [0.2, 0.25) is 0 Å². The molecule has 2 aliphatic rings. The fraction of sp³-hybridized carbons (Fsp3) is 0.273. The SMILES string of the molecule is COc1cc(/C=C2\SC(N3CC[NH+](c4ccc(C)cc4)CC3)=NC2=O)ccc1[O-]. The van der Waals surface area contributed by atoms with E-state index in [1.165, 1.54) is 41.1 Å². The zero-order valence-corrected chi connectivity index (χ0v) is 17.3. The third kappa shape index (κ3) is 4.31. The zero-order valence-electron chi connectivity index (χ0n) is 16.5. The van der Waals surface area contributed by atoms with Crippen molar-refractivity contribution in [2.45, 2.75) is 6.92 Å². The van der Waals surface area contributed by atoms with Crippen molar-refractivity contribution >= 4 is 34.6 Å². The molecule has 2 aliphatic heterocycles. The molecule has 1 N–H and O–H groups in total. The highest BCUT2D eigenvalue weighted by Gasteiger charge is 2.30. The van der Waals surface area contributed by atoms with Gasteiger partial charge in [-0.05, 0) is 48.5 Å². The van der Waals surface area contributed by atoms with Gasteiger partial charge in [-0.25, -0.2) is 0 Å². The number of aliphatic imine (C=N–C) groups is 1. The quantitative estimate of drug-likeness (QED) is 0.780. The van der Waals surface area contributed by atoms with Gasteiger partial charge < -0.3 is 14.7 Å². The summed E-state index contributed by atoms with van der Waals surface area (Å²) in [5.74, 6) is -0.138. The van der Waals surface area contributed by atoms with Gasteiger partial charge in [-0.3, -0.25) is 9.69 Å². The molecule has 29 heavy (non-hydrogen) atoms. The van der Waals surface area contributed by atoms with E-state index in [4.69, 9.17) is 4.74 Å². The van der Waals surface area contributed by atoms with Crippen LogP contribution in [0.1, 0.15) is 11.1 Å². The van der Waals surface area contributed by atoms with Crippen LogP contribution < -0.4 is 14.7 Å². The molecular weight excluding hydrogens is 386 g/mol. The van der Waals surface area contributed by atoms with Gasteiger partial charge in [0.25, 0.3) is 5.91 Å². The molecule has 7 heteroatoms. The number of hydrogen-bond acceptors (Lipinski definition) is 5. The van der Waals surface area contributed by atoms with Gasteiger partial charge >= 0.3 is 0 Å². The maximum Gasteiger partial charge on any atom is 0.286 e. The van der Waals surface area contributed by atoms with Gasteiger partial charge in [0.1, 0.15) is 11.4 Å². The Morgan fingerprint density at radius 2 is 1.90 bits per heavy atom. The number of hydrogen-bond donors (Lipinski definition) is 1. The number of amides is 1. The number of quaternary nitrogens is 1. The number of benzene rings is 2. The van der Waals surface area contributed by atoms with Crippen molar-refractivity contribution in [2.75, 3.05) is 33.3 Å². The number of methoxy groups -OCH3 is 1. The molecule has 2 aromatic carbocycles. The van der Waals surface area contributed by atoms with Crippen molar-refractivity contribution in [1.29, 1.82) is 0 Å². The van der Waals surface area contributed by atoms with Gasteiger partial charge in [0.15, 0.2) is 5.17 Å². The van der Waals surface area contributed by atoms with Gasteiger partial charge in [0, 0.05) is 0 Å². The van der Waals surface area contributed by atoms with Gasteiger partial charge in [-0.1, -0.05) is 35.6 Å². The molecule has 150 valence electrons. The van der Waals surface area contributed by atoms with Crippen LogP contribution in [-0.4, -0.2) is 49.3 Å². The van der Waals surface area contributed by atoms with Gasteiger partial charge in [0.05, 0.1) is 38.2 Å². The molecule has 6 nitrogen and oxygen atoms in total. The summed E-state index contributed by atoms with van der Waals surface area (Å²) in [6, 6.07) is 13.5. The molecule has 1 fully saturated rings. The average Bonchev–Trinajstić information content (AvgIpc) is 3.10. The van der Waals surface area contributed by atoms with Crippen molar-refractivity contribution in [3.8, 4) is 11.5 Å². The number of rotatable bonds is 3. The highest BCUT2D eigenvalue weighted by atomic mass is 32.2. The highest BCUT2D eigenvalue weighted by molar-refractivity contribution is 8.18. The molecule has 0 radical (unpaired) electrons. The van der Waals surface area contributed by atoms with Crippen LogP contribution in [0.4, 0.5) is 5.69 Å². The predicted octanol–water partition coefficient (Wildman–Crippen LogP) is 1.58. The number of carbonyl (C=O) groups excluding carboxylic acids is 1. The molecule has 4 rings (SSSR count). The van der Waals surface area contributed by atoms with E-state index >= 15 is 0 Å². The van der Waals surface area contributed by atoms with Gasteiger partial charge in [-0.15, -0.1) is 0 Å². The molecule has 0 unspecified atom stereocenters. The number of aryl methyl sites for hydroxylation is 1. The maximum absolute atomic E-state index is 12.4. The van der Waals surface area contributed by atoms with Crippen LogP contribution >= 0.6 is 11.8 Å². The lowest BCUT2D eigenvalue weighted by molar-refractivity contribution is -0.837. The van der Waals surface area contributed by atoms with E-state index in [0.717, 1.165) is 36.9 Å². The highest BCUT2D eigenvalue weighted by Crippen LogP contribution is 2.32. The molecule has 0 atom stereocenters. The smallest absolute Gasteiger partial charge is 0.286 e. The summed E-state index contributed by atoms with van der Waals surface area (Å²) in [7, 11) is 1.46. The molecule has 1 saturated heterocycles. The zero-order chi connectivity index (χ0) is 20.4. The first-order valence-electron chi connectivity index (χ1n) is 9.58. The summed E-state index contributed by atoms with van der Waals surface area (Å²) in [5, 5.41) is 12.4. The number of thioether (sulfide) groups is 1. The minimum Gasteiger partial charge on any atom is -0.870 e. The first-order chi connectivity index (χ1) is 14.0. The number of nitrogens with zero attached hydrogens (tertiary/aromatic N) is 2. The largest absolute Gasteiger partial charge is 0.870 e. The van der Waals surface area contributed by atoms with Crippen LogP contribution in [0.2, 0.25) is 0 Å². The molecule has 0 aliphatic carbocycles. The summed E-state index contributed by atoms with van der Waals surface area (Å²) in [4.78, 5) is 20.8. The topological polar surface area (TPSA) is 69.4 Å². The standard InChI is InChI=1S/C22H23N3O3S/c1-15-3-6-17(7-4-15)24-9-11-25(12-10-24)22-23-21(27)20(29-22)14-16-5-8-18(26)19(13-16)28-2/h3-8,13-14,26H,9-12H2,1-2H3/b20-14-. The molecule has 0 aromatic heterocycles. The molecule has 1 amide bonds. The number of nitrogens with one attached hydrogen (secondary N) is 1. The lowest BCUT2D eigenvalue weighted by Gasteiger charge is -2.32. The van der Waals surface area contributed by atoms with E-state index in [9.17, 15) is 9.90 Å². The molecule has 0 spiro atoms. The molecule has 2 aromatic rings. The Balaban J connectivity index is 1.41. The Labute approximate surface area is 174 Å². The second-order valence-electron chi connectivity index (χ2n) is 7.18. The third-order valence-corrected chi connectivity index (χ3v) is 6.24. The minimum absolute atomic E-state index is 0.175. The molecular formula is C22H23N3O3S. The first-order valence-corrected chi connectivity index (χ1v) is 10.4. The van der Waals surface area contributed by atoms with Gasteiger partial charge in [-0.2, -0.15) is 4.99 Å². The Bertz CT molecular complexity index is 977. The maximum atomic E-state index is 12.4. The van der Waals surface area contributed by atoms with E-state index in [0.29, 0.717) is 4.91 Å². The Kier molecular flexibility index (Phi) is 5.60. The molecule has 2 heterocycles. The summed E-state index contributed by atoms with van der Waals surface area (Å²) in [5.41, 5.74) is 3.33. The molecule has 0 saturated carbocycles. The normalized spacial score (nSPS) is 19.0. The Morgan fingerprint density at radius 1 is 1.17 bits per heavy atom. The third-order valence-electron chi connectivity index (χ3n) is 5.19. The van der Waals surface area contributed by atoms with Crippen molar-refractivity contribution < 1.29 is 19.5 Å². The van der Waals surface area contributed by atoms with Crippen LogP contribution in [0.5, 0.6) is 11.5 Å². The first kappa shape index (κ1) is 19.5. The predicted molar refractivity (Wildman–Crippen MR) is 114 cm³/mol. The lowest BCUT2D eigenvalue weighted by atomic mass is 10.2. The van der Waals surface area contributed by atoms with Crippen molar-refractivity contribution in [1.82, 2.24) is 4.90 Å². The van der Waals surface area contributed by atoms with Crippen LogP contribution in [0.25, 0.3) is 6.08 Å². The van der Waals surface area contributed by atoms with Crippen LogP contribution in [0.15, 0.2) is 52.4 Å². The monoisotopic (exact) mass is 409 g/mol. The number of ether oxygens (including phenoxy) is 1. The van der Waals surface area contributed by atoms with E-state index in [2.05, 4.69) is 41.1 Å². The Hall–Kier alpha value is -2.77. The van der Waals surface area contributed by atoms with Crippen LogP contribution in [0.3, 0.4) is 0 Å². The van der Waals surface area contributed by atoms with E-state index in [1.54, 1.807) is 18.2 Å². The number of piperazine rings is 1. The minimum atomic E-state index is -0.233. The van der Waals surface area contributed by atoms with Crippen LogP contribution in [0, 0.1) is 6.92 Å². The van der Waals surface area contributed by atoms with E-state index < -0.39 is 0 Å².